The zero-order chi connectivity index (χ0) is 22.6. The summed E-state index contributed by atoms with van der Waals surface area (Å²) in [7, 11) is 1.68. The Morgan fingerprint density at radius 2 is 2.06 bits per heavy atom. The van der Waals surface area contributed by atoms with Crippen LogP contribution in [-0.2, 0) is 17.5 Å². The van der Waals surface area contributed by atoms with Crippen LogP contribution in [0.25, 0.3) is 5.69 Å². The number of rotatable bonds is 6. The van der Waals surface area contributed by atoms with Crippen molar-refractivity contribution >= 4 is 5.96 Å². The molecule has 1 aromatic heterocycles. The number of nitrogens with zero attached hydrogens (tertiary/aromatic N) is 4. The largest absolute Gasteiger partial charge is 0.416 e. The summed E-state index contributed by atoms with van der Waals surface area (Å²) in [4.78, 5) is 6.61. The third-order valence-corrected chi connectivity index (χ3v) is 5.37. The number of alkyl halides is 3. The fourth-order valence-electron chi connectivity index (χ4n) is 3.97. The summed E-state index contributed by atoms with van der Waals surface area (Å²) in [5.74, 6) is 1.04. The van der Waals surface area contributed by atoms with Crippen LogP contribution in [0, 0.1) is 19.8 Å². The van der Waals surface area contributed by atoms with Crippen LogP contribution in [0.4, 0.5) is 13.2 Å². The Bertz CT molecular complexity index is 922. The second-order valence-corrected chi connectivity index (χ2v) is 7.90. The smallest absolute Gasteiger partial charge is 0.384 e. The number of nitrogens with one attached hydrogen (secondary N) is 1. The van der Waals surface area contributed by atoms with Crippen molar-refractivity contribution in [2.24, 2.45) is 10.9 Å². The predicted molar refractivity (Wildman–Crippen MR) is 114 cm³/mol. The molecule has 1 N–H and O–H groups in total. The highest BCUT2D eigenvalue weighted by molar-refractivity contribution is 5.80. The number of aryl methyl sites for hydroxylation is 2. The lowest BCUT2D eigenvalue weighted by Gasteiger charge is -2.22. The average molecular weight is 438 g/mol. The SMILES string of the molecule is CCNC(=NCc1ccc(-n2nc(C)cc2C)cc1C(F)(F)F)N1CCC(COC)C1. The molecule has 1 saturated heterocycles. The lowest BCUT2D eigenvalue weighted by Crippen LogP contribution is -2.40. The fourth-order valence-corrected chi connectivity index (χ4v) is 3.97. The van der Waals surface area contributed by atoms with Crippen LogP contribution in [0.3, 0.4) is 0 Å². The summed E-state index contributed by atoms with van der Waals surface area (Å²) in [5.41, 5.74) is 1.38. The Morgan fingerprint density at radius 1 is 1.29 bits per heavy atom. The Labute approximate surface area is 181 Å². The molecule has 0 radical (unpaired) electrons. The second kappa shape index (κ2) is 9.72. The molecule has 0 spiro atoms. The fraction of sp³-hybridized carbons (Fsp3) is 0.545. The number of guanidine groups is 1. The average Bonchev–Trinajstić information content (AvgIpc) is 3.30. The Morgan fingerprint density at radius 3 is 2.68 bits per heavy atom. The molecule has 170 valence electrons. The molecule has 1 aliphatic heterocycles. The highest BCUT2D eigenvalue weighted by Crippen LogP contribution is 2.34. The molecule has 1 aromatic carbocycles. The van der Waals surface area contributed by atoms with Crippen molar-refractivity contribution in [1.82, 2.24) is 20.0 Å². The zero-order valence-electron chi connectivity index (χ0n) is 18.5. The molecular formula is C22H30F3N5O. The highest BCUT2D eigenvalue weighted by atomic mass is 19.4. The normalized spacial score (nSPS) is 17.5. The van der Waals surface area contributed by atoms with E-state index in [1.165, 1.54) is 10.7 Å². The van der Waals surface area contributed by atoms with Crippen molar-refractivity contribution in [1.29, 1.82) is 0 Å². The highest BCUT2D eigenvalue weighted by Gasteiger charge is 2.34. The van der Waals surface area contributed by atoms with Gasteiger partial charge in [0.25, 0.3) is 0 Å². The molecule has 6 nitrogen and oxygen atoms in total. The number of aliphatic imine (C=N–C) groups is 1. The maximum atomic E-state index is 13.8. The molecule has 2 heterocycles. The van der Waals surface area contributed by atoms with Crippen LogP contribution >= 0.6 is 0 Å². The predicted octanol–water partition coefficient (Wildman–Crippen LogP) is 3.94. The Hall–Kier alpha value is -2.55. The van der Waals surface area contributed by atoms with Crippen molar-refractivity contribution in [3.05, 3.63) is 46.8 Å². The number of methoxy groups -OCH3 is 1. The van der Waals surface area contributed by atoms with Gasteiger partial charge in [-0.3, -0.25) is 0 Å². The van der Waals surface area contributed by atoms with Crippen molar-refractivity contribution in [3.63, 3.8) is 0 Å². The number of aromatic nitrogens is 2. The number of ether oxygens (including phenoxy) is 1. The summed E-state index contributed by atoms with van der Waals surface area (Å²) < 4.78 is 48.3. The number of likely N-dealkylation sites (tertiary alicyclic amines) is 1. The molecule has 1 fully saturated rings. The summed E-state index contributed by atoms with van der Waals surface area (Å²) >= 11 is 0. The van der Waals surface area contributed by atoms with E-state index in [0.29, 0.717) is 30.7 Å². The van der Waals surface area contributed by atoms with Gasteiger partial charge in [-0.1, -0.05) is 6.07 Å². The van der Waals surface area contributed by atoms with Gasteiger partial charge in [0.2, 0.25) is 0 Å². The van der Waals surface area contributed by atoms with Crippen LogP contribution in [0.1, 0.15) is 35.9 Å². The van der Waals surface area contributed by atoms with E-state index < -0.39 is 11.7 Å². The van der Waals surface area contributed by atoms with Gasteiger partial charge < -0.3 is 15.0 Å². The van der Waals surface area contributed by atoms with Gasteiger partial charge in [-0.15, -0.1) is 0 Å². The second-order valence-electron chi connectivity index (χ2n) is 7.90. The zero-order valence-corrected chi connectivity index (χ0v) is 18.5. The minimum Gasteiger partial charge on any atom is -0.384 e. The Balaban J connectivity index is 1.87. The minimum atomic E-state index is -4.48. The number of hydrogen-bond acceptors (Lipinski definition) is 3. The van der Waals surface area contributed by atoms with E-state index in [0.717, 1.165) is 37.0 Å². The quantitative estimate of drug-likeness (QED) is 0.549. The molecule has 31 heavy (non-hydrogen) atoms. The van der Waals surface area contributed by atoms with Crippen molar-refractivity contribution in [2.75, 3.05) is 33.4 Å². The van der Waals surface area contributed by atoms with E-state index in [-0.39, 0.29) is 12.1 Å². The molecule has 1 aliphatic rings. The summed E-state index contributed by atoms with van der Waals surface area (Å²) in [6, 6.07) is 6.15. The first-order valence-corrected chi connectivity index (χ1v) is 10.5. The lowest BCUT2D eigenvalue weighted by atomic mass is 10.1. The first kappa shape index (κ1) is 23.1. The summed E-state index contributed by atoms with van der Waals surface area (Å²) in [5, 5.41) is 7.50. The minimum absolute atomic E-state index is 0.0555. The van der Waals surface area contributed by atoms with Gasteiger partial charge in [-0.05, 0) is 51.0 Å². The van der Waals surface area contributed by atoms with E-state index in [4.69, 9.17) is 4.74 Å². The molecule has 3 rings (SSSR count). The van der Waals surface area contributed by atoms with Crippen LogP contribution in [-0.4, -0.2) is 54.0 Å². The molecule has 0 bridgehead atoms. The molecule has 0 aliphatic carbocycles. The van der Waals surface area contributed by atoms with Gasteiger partial charge in [0, 0.05) is 38.4 Å². The van der Waals surface area contributed by atoms with Gasteiger partial charge in [-0.2, -0.15) is 18.3 Å². The van der Waals surface area contributed by atoms with E-state index in [9.17, 15) is 13.2 Å². The standard InChI is InChI=1S/C22H30F3N5O/c1-5-26-21(29-9-8-17(13-29)14-31-4)27-12-18-6-7-19(11-20(18)22(23,24)25)30-16(3)10-15(2)28-30/h6-7,10-11,17H,5,8-9,12-14H2,1-4H3,(H,26,27). The molecule has 0 saturated carbocycles. The molecule has 1 unspecified atom stereocenters. The van der Waals surface area contributed by atoms with Gasteiger partial charge in [0.05, 0.1) is 30.1 Å². The molecule has 1 atom stereocenters. The number of benzene rings is 1. The van der Waals surface area contributed by atoms with E-state index >= 15 is 0 Å². The van der Waals surface area contributed by atoms with Crippen LogP contribution in [0.2, 0.25) is 0 Å². The summed E-state index contributed by atoms with van der Waals surface area (Å²) in [6.45, 7) is 8.43. The molecule has 2 aromatic rings. The number of hydrogen-bond donors (Lipinski definition) is 1. The third-order valence-electron chi connectivity index (χ3n) is 5.37. The van der Waals surface area contributed by atoms with Crippen LogP contribution in [0.5, 0.6) is 0 Å². The van der Waals surface area contributed by atoms with E-state index in [1.807, 2.05) is 26.8 Å². The number of halogens is 3. The van der Waals surface area contributed by atoms with Gasteiger partial charge in [-0.25, -0.2) is 9.67 Å². The van der Waals surface area contributed by atoms with Crippen molar-refractivity contribution in [2.45, 2.75) is 39.9 Å². The summed E-state index contributed by atoms with van der Waals surface area (Å²) in [6.07, 6.45) is -3.50. The van der Waals surface area contributed by atoms with Gasteiger partial charge in [0.1, 0.15) is 0 Å². The van der Waals surface area contributed by atoms with E-state index in [2.05, 4.69) is 20.3 Å². The van der Waals surface area contributed by atoms with E-state index in [1.54, 1.807) is 13.2 Å². The first-order valence-electron chi connectivity index (χ1n) is 10.5. The maximum Gasteiger partial charge on any atom is 0.416 e. The van der Waals surface area contributed by atoms with Gasteiger partial charge >= 0.3 is 6.18 Å². The molecule has 0 amide bonds. The maximum absolute atomic E-state index is 13.8. The lowest BCUT2D eigenvalue weighted by molar-refractivity contribution is -0.138. The monoisotopic (exact) mass is 437 g/mol. The molecule has 9 heteroatoms. The van der Waals surface area contributed by atoms with Gasteiger partial charge in [0.15, 0.2) is 5.96 Å². The third kappa shape index (κ3) is 5.58. The van der Waals surface area contributed by atoms with Crippen molar-refractivity contribution < 1.29 is 17.9 Å². The van der Waals surface area contributed by atoms with Crippen LogP contribution in [0.15, 0.2) is 29.3 Å². The first-order chi connectivity index (χ1) is 14.7. The Kier molecular flexibility index (Phi) is 7.25. The van der Waals surface area contributed by atoms with Crippen LogP contribution < -0.4 is 5.32 Å². The topological polar surface area (TPSA) is 54.7 Å². The van der Waals surface area contributed by atoms with Crippen molar-refractivity contribution in [3.8, 4) is 5.69 Å². The molecular weight excluding hydrogens is 407 g/mol.